The quantitative estimate of drug-likeness (QED) is 0.190. The maximum atomic E-state index is 2.93. The fraction of sp³-hybridized carbons (Fsp3) is 0.333. The Balaban J connectivity index is 1.53. The molecule has 4 aromatic rings. The first-order valence-corrected chi connectivity index (χ1v) is 17.6. The Hall–Kier alpha value is -2.30. The van der Waals surface area contributed by atoms with Crippen LogP contribution in [0, 0.1) is 27.7 Å². The lowest BCUT2D eigenvalue weighted by Gasteiger charge is -2.39. The Morgan fingerprint density at radius 1 is 0.462 bits per heavy atom. The first kappa shape index (κ1) is 28.2. The average Bonchev–Trinajstić information content (AvgIpc) is 2.96. The van der Waals surface area contributed by atoms with Gasteiger partial charge in [0, 0.05) is 18.6 Å². The molecule has 0 bridgehead atoms. The summed E-state index contributed by atoms with van der Waals surface area (Å²) < 4.78 is 0. The summed E-state index contributed by atoms with van der Waals surface area (Å²) in [6.45, 7) is 8.79. The van der Waals surface area contributed by atoms with E-state index in [-0.39, 0.29) is 0 Å². The van der Waals surface area contributed by atoms with E-state index in [0.717, 1.165) is 12.6 Å². The second-order valence-electron chi connectivity index (χ2n) is 11.4. The van der Waals surface area contributed by atoms with E-state index in [1.807, 2.05) is 0 Å². The Morgan fingerprint density at radius 3 is 1.03 bits per heavy atom. The number of hydrogen-bond acceptors (Lipinski definition) is 1. The Kier molecular flexibility index (Phi) is 9.68. The molecule has 4 aromatic carbocycles. The summed E-state index contributed by atoms with van der Waals surface area (Å²) in [7, 11) is -0.964. The second-order valence-corrected chi connectivity index (χ2v) is 15.7. The molecule has 0 heterocycles. The summed E-state index contributed by atoms with van der Waals surface area (Å²) in [5.74, 6) is 0. The Morgan fingerprint density at radius 2 is 0.744 bits per heavy atom. The van der Waals surface area contributed by atoms with Crippen LogP contribution in [0.2, 0.25) is 0 Å². The van der Waals surface area contributed by atoms with E-state index >= 15 is 0 Å². The van der Waals surface area contributed by atoms with Crippen LogP contribution in [-0.4, -0.2) is 23.5 Å². The van der Waals surface area contributed by atoms with Gasteiger partial charge in [0.05, 0.1) is 0 Å². The molecule has 3 heteroatoms. The number of aryl methyl sites for hydroxylation is 4. The van der Waals surface area contributed by atoms with Gasteiger partial charge in [-0.25, -0.2) is 0 Å². The minimum absolute atomic E-state index is 0.482. The lowest BCUT2D eigenvalue weighted by molar-refractivity contribution is 0.210. The maximum absolute atomic E-state index is 2.93. The molecule has 1 saturated carbocycles. The lowest BCUT2D eigenvalue weighted by atomic mass is 9.95. The summed E-state index contributed by atoms with van der Waals surface area (Å²) in [4.78, 5) is 2.93. The van der Waals surface area contributed by atoms with Gasteiger partial charge in [0.1, 0.15) is 0 Å². The summed E-state index contributed by atoms with van der Waals surface area (Å²) in [5, 5.41) is 5.98. The summed E-state index contributed by atoms with van der Waals surface area (Å²) in [5.41, 5.74) is 5.35. The van der Waals surface area contributed by atoms with Crippen molar-refractivity contribution in [3.63, 3.8) is 0 Å². The van der Waals surface area contributed by atoms with Gasteiger partial charge in [0.15, 0.2) is 0 Å². The zero-order valence-corrected chi connectivity index (χ0v) is 25.9. The van der Waals surface area contributed by atoms with Gasteiger partial charge in [0.2, 0.25) is 0 Å². The van der Waals surface area contributed by atoms with Crippen molar-refractivity contribution < 1.29 is 0 Å². The molecule has 0 spiro atoms. The zero-order valence-electron chi connectivity index (χ0n) is 24.1. The molecule has 0 N–H and O–H groups in total. The third-order valence-electron chi connectivity index (χ3n) is 8.12. The summed E-state index contributed by atoms with van der Waals surface area (Å²) >= 11 is 0. The topological polar surface area (TPSA) is 3.24 Å². The molecule has 0 aromatic heterocycles. The van der Waals surface area contributed by atoms with E-state index in [9.17, 15) is 0 Å². The monoisotopic (exact) mass is 551 g/mol. The minimum Gasteiger partial charge on any atom is -0.291 e. The summed E-state index contributed by atoms with van der Waals surface area (Å²) in [6, 6.07) is 38.2. The Labute approximate surface area is 239 Å². The molecular weight excluding hydrogens is 508 g/mol. The van der Waals surface area contributed by atoms with Crippen molar-refractivity contribution >= 4 is 37.1 Å². The molecular formula is C36H43NP2. The van der Waals surface area contributed by atoms with Gasteiger partial charge in [-0.1, -0.05) is 139 Å². The van der Waals surface area contributed by atoms with Crippen LogP contribution in [0.3, 0.4) is 0 Å². The van der Waals surface area contributed by atoms with Crippen molar-refractivity contribution in [1.29, 1.82) is 0 Å². The summed E-state index contributed by atoms with van der Waals surface area (Å²) in [6.07, 6.45) is 9.03. The molecule has 0 saturated heterocycles. The van der Waals surface area contributed by atoms with Gasteiger partial charge in [-0.05, 0) is 77.6 Å². The van der Waals surface area contributed by atoms with Crippen LogP contribution in [0.5, 0.6) is 0 Å². The van der Waals surface area contributed by atoms with Crippen molar-refractivity contribution in [2.24, 2.45) is 0 Å². The number of nitrogens with zero attached hydrogens (tertiary/aromatic N) is 1. The predicted molar refractivity (Wildman–Crippen MR) is 176 cm³/mol. The van der Waals surface area contributed by atoms with Crippen LogP contribution in [0.4, 0.5) is 0 Å². The van der Waals surface area contributed by atoms with Crippen molar-refractivity contribution in [3.8, 4) is 0 Å². The molecule has 1 aliphatic carbocycles. The zero-order chi connectivity index (χ0) is 27.2. The van der Waals surface area contributed by atoms with Gasteiger partial charge < -0.3 is 0 Å². The molecule has 0 aliphatic heterocycles. The third kappa shape index (κ3) is 7.46. The highest BCUT2D eigenvalue weighted by Gasteiger charge is 2.28. The van der Waals surface area contributed by atoms with Gasteiger partial charge in [-0.3, -0.25) is 4.90 Å². The van der Waals surface area contributed by atoms with E-state index in [1.165, 1.54) is 75.6 Å². The van der Waals surface area contributed by atoms with E-state index in [2.05, 4.69) is 130 Å². The molecule has 1 aliphatic rings. The van der Waals surface area contributed by atoms with Gasteiger partial charge in [-0.15, -0.1) is 0 Å². The number of rotatable bonds is 9. The first-order chi connectivity index (χ1) is 19.0. The minimum atomic E-state index is -0.482. The third-order valence-corrected chi connectivity index (χ3v) is 13.1. The lowest BCUT2D eigenvalue weighted by Crippen LogP contribution is -2.40. The predicted octanol–water partition coefficient (Wildman–Crippen LogP) is 8.04. The fourth-order valence-corrected chi connectivity index (χ4v) is 10.4. The highest BCUT2D eigenvalue weighted by atomic mass is 31.1. The average molecular weight is 552 g/mol. The normalized spacial score (nSPS) is 14.4. The largest absolute Gasteiger partial charge is 0.291 e. The molecule has 5 rings (SSSR count). The van der Waals surface area contributed by atoms with Crippen LogP contribution < -0.4 is 21.2 Å². The smallest absolute Gasteiger partial charge is 0.0272 e. The molecule has 0 amide bonds. The molecule has 1 fully saturated rings. The van der Waals surface area contributed by atoms with Gasteiger partial charge >= 0.3 is 0 Å². The molecule has 202 valence electrons. The standard InChI is InChI=1S/C36H43NP2/c1-28-10-18-33(19-11-28)38(34-20-12-29(2)13-21-34)26-37(32-8-6-5-7-9-32)27-39(35-22-14-30(3)15-23-35)36-24-16-31(4)17-25-36/h10-25,32H,5-9,26-27H2,1-4H3. The van der Waals surface area contributed by atoms with Crippen molar-refractivity contribution in [2.75, 3.05) is 12.6 Å². The van der Waals surface area contributed by atoms with Crippen LogP contribution in [0.25, 0.3) is 0 Å². The van der Waals surface area contributed by atoms with Gasteiger partial charge in [0.25, 0.3) is 0 Å². The van der Waals surface area contributed by atoms with E-state index in [1.54, 1.807) is 0 Å². The Bertz CT molecular complexity index is 1120. The maximum Gasteiger partial charge on any atom is 0.0272 e. The van der Waals surface area contributed by atoms with Crippen LogP contribution in [0.15, 0.2) is 97.1 Å². The van der Waals surface area contributed by atoms with Crippen molar-refractivity contribution in [1.82, 2.24) is 4.90 Å². The highest BCUT2D eigenvalue weighted by Crippen LogP contribution is 2.42. The van der Waals surface area contributed by atoms with E-state index in [4.69, 9.17) is 0 Å². The van der Waals surface area contributed by atoms with Crippen molar-refractivity contribution in [3.05, 3.63) is 119 Å². The fourth-order valence-electron chi connectivity index (χ4n) is 5.61. The van der Waals surface area contributed by atoms with Crippen molar-refractivity contribution in [2.45, 2.75) is 65.8 Å². The van der Waals surface area contributed by atoms with E-state index < -0.39 is 15.8 Å². The van der Waals surface area contributed by atoms with E-state index in [0.29, 0.717) is 6.04 Å². The van der Waals surface area contributed by atoms with Crippen LogP contribution in [0.1, 0.15) is 54.4 Å². The van der Waals surface area contributed by atoms with Crippen LogP contribution >= 0.6 is 15.8 Å². The SMILES string of the molecule is Cc1ccc(P(CN(CP(c2ccc(C)cc2)c2ccc(C)cc2)C2CCCCC2)c2ccc(C)cc2)cc1. The highest BCUT2D eigenvalue weighted by molar-refractivity contribution is 7.73. The molecule has 0 radical (unpaired) electrons. The number of benzene rings is 4. The van der Waals surface area contributed by atoms with Gasteiger partial charge in [-0.2, -0.15) is 0 Å². The number of hydrogen-bond donors (Lipinski definition) is 0. The molecule has 1 nitrogen and oxygen atoms in total. The van der Waals surface area contributed by atoms with Crippen LogP contribution in [-0.2, 0) is 0 Å². The molecule has 39 heavy (non-hydrogen) atoms. The molecule has 0 atom stereocenters. The second kappa shape index (κ2) is 13.4. The first-order valence-electron chi connectivity index (χ1n) is 14.5. The molecule has 0 unspecified atom stereocenters.